The first-order valence-electron chi connectivity index (χ1n) is 6.27. The van der Waals surface area contributed by atoms with Gasteiger partial charge in [-0.1, -0.05) is 12.1 Å². The fourth-order valence-corrected chi connectivity index (χ4v) is 1.92. The maximum Gasteiger partial charge on any atom is 0.322 e. The second-order valence-electron chi connectivity index (χ2n) is 4.61. The van der Waals surface area contributed by atoms with Crippen LogP contribution in [0.3, 0.4) is 0 Å². The number of pyridine rings is 1. The molecule has 0 bridgehead atoms. The fraction of sp³-hybridized carbons (Fsp3) is 0.333. The van der Waals surface area contributed by atoms with Crippen LogP contribution in [0.25, 0.3) is 10.9 Å². The number of fused-ring (bicyclic) bond motifs is 1. The maximum absolute atomic E-state index is 11.3. The van der Waals surface area contributed by atoms with Gasteiger partial charge in [0.25, 0.3) is 0 Å². The van der Waals surface area contributed by atoms with Crippen molar-refractivity contribution in [2.75, 3.05) is 7.11 Å². The Bertz CT molecular complexity index is 596. The van der Waals surface area contributed by atoms with Crippen LogP contribution in [-0.2, 0) is 16.1 Å². The number of hydrogen-bond acceptors (Lipinski definition) is 4. The van der Waals surface area contributed by atoms with Gasteiger partial charge in [0.15, 0.2) is 0 Å². The van der Waals surface area contributed by atoms with Gasteiger partial charge in [0.05, 0.1) is 12.6 Å². The minimum Gasteiger partial charge on any atom is -0.468 e. The van der Waals surface area contributed by atoms with E-state index in [9.17, 15) is 4.79 Å². The van der Waals surface area contributed by atoms with Crippen molar-refractivity contribution in [3.63, 3.8) is 0 Å². The molecule has 4 heteroatoms. The maximum atomic E-state index is 11.3. The molecule has 0 aliphatic carbocycles. The molecule has 4 nitrogen and oxygen atoms in total. The molecular formula is C15H18N2O2. The predicted octanol–water partition coefficient (Wildman–Crippen LogP) is 2.19. The zero-order valence-corrected chi connectivity index (χ0v) is 11.4. The second kappa shape index (κ2) is 5.80. The lowest BCUT2D eigenvalue weighted by atomic mass is 10.1. The van der Waals surface area contributed by atoms with Crippen molar-refractivity contribution in [1.29, 1.82) is 0 Å². The quantitative estimate of drug-likeness (QED) is 0.854. The molecular weight excluding hydrogens is 240 g/mol. The number of rotatable bonds is 4. The SMILES string of the molecule is COC(=O)C(C)NCc1ccc2nc(C)ccc2c1. The molecule has 2 rings (SSSR count). The Morgan fingerprint density at radius 2 is 2.16 bits per heavy atom. The van der Waals surface area contributed by atoms with Gasteiger partial charge in [0, 0.05) is 17.6 Å². The van der Waals surface area contributed by atoms with E-state index in [2.05, 4.69) is 27.2 Å². The van der Waals surface area contributed by atoms with Crippen molar-refractivity contribution in [3.8, 4) is 0 Å². The first kappa shape index (κ1) is 13.5. The third kappa shape index (κ3) is 3.29. The Morgan fingerprint density at radius 1 is 1.37 bits per heavy atom. The molecule has 0 saturated heterocycles. The molecule has 1 aromatic heterocycles. The number of carbonyl (C=O) groups excluding carboxylic acids is 1. The summed E-state index contributed by atoms with van der Waals surface area (Å²) in [5.74, 6) is -0.252. The molecule has 1 unspecified atom stereocenters. The van der Waals surface area contributed by atoms with E-state index in [4.69, 9.17) is 0 Å². The number of benzene rings is 1. The largest absolute Gasteiger partial charge is 0.468 e. The molecule has 2 aromatic rings. The second-order valence-corrected chi connectivity index (χ2v) is 4.61. The summed E-state index contributed by atoms with van der Waals surface area (Å²) < 4.78 is 4.67. The van der Waals surface area contributed by atoms with E-state index in [-0.39, 0.29) is 12.0 Å². The minimum absolute atomic E-state index is 0.252. The van der Waals surface area contributed by atoms with Crippen LogP contribution in [-0.4, -0.2) is 24.1 Å². The van der Waals surface area contributed by atoms with E-state index in [0.29, 0.717) is 6.54 Å². The van der Waals surface area contributed by atoms with E-state index in [1.807, 2.05) is 25.1 Å². The highest BCUT2D eigenvalue weighted by molar-refractivity contribution is 5.79. The Morgan fingerprint density at radius 3 is 2.89 bits per heavy atom. The molecule has 0 amide bonds. The van der Waals surface area contributed by atoms with Crippen LogP contribution in [0.2, 0.25) is 0 Å². The van der Waals surface area contributed by atoms with Crippen LogP contribution in [0.5, 0.6) is 0 Å². The fourth-order valence-electron chi connectivity index (χ4n) is 1.92. The van der Waals surface area contributed by atoms with E-state index in [1.54, 1.807) is 6.92 Å². The lowest BCUT2D eigenvalue weighted by Crippen LogP contribution is -2.34. The van der Waals surface area contributed by atoms with E-state index < -0.39 is 0 Å². The highest BCUT2D eigenvalue weighted by Crippen LogP contribution is 2.14. The molecule has 1 aromatic carbocycles. The van der Waals surface area contributed by atoms with Crippen LogP contribution < -0.4 is 5.32 Å². The Balaban J connectivity index is 2.09. The number of hydrogen-bond donors (Lipinski definition) is 1. The molecule has 0 spiro atoms. The average molecular weight is 258 g/mol. The van der Waals surface area contributed by atoms with Gasteiger partial charge in [-0.15, -0.1) is 0 Å². The van der Waals surface area contributed by atoms with Crippen molar-refractivity contribution in [1.82, 2.24) is 10.3 Å². The van der Waals surface area contributed by atoms with Gasteiger partial charge in [-0.2, -0.15) is 0 Å². The molecule has 0 fully saturated rings. The summed E-state index contributed by atoms with van der Waals surface area (Å²) in [5.41, 5.74) is 3.12. The van der Waals surface area contributed by atoms with Crippen LogP contribution in [0.4, 0.5) is 0 Å². The number of ether oxygens (including phenoxy) is 1. The third-order valence-electron chi connectivity index (χ3n) is 3.06. The van der Waals surface area contributed by atoms with Crippen LogP contribution in [0.15, 0.2) is 30.3 Å². The standard InChI is InChI=1S/C15H18N2O2/c1-10-4-6-13-8-12(5-7-14(13)17-10)9-16-11(2)15(18)19-3/h4-8,11,16H,9H2,1-3H3. The van der Waals surface area contributed by atoms with Crippen molar-refractivity contribution in [2.24, 2.45) is 0 Å². The molecule has 100 valence electrons. The van der Waals surface area contributed by atoms with Crippen LogP contribution in [0, 0.1) is 6.92 Å². The van der Waals surface area contributed by atoms with Gasteiger partial charge in [-0.25, -0.2) is 0 Å². The Labute approximate surface area is 112 Å². The highest BCUT2D eigenvalue weighted by Gasteiger charge is 2.11. The molecule has 1 atom stereocenters. The normalized spacial score (nSPS) is 12.4. The number of nitrogens with one attached hydrogen (secondary N) is 1. The number of aromatic nitrogens is 1. The molecule has 0 aliphatic rings. The zero-order chi connectivity index (χ0) is 13.8. The lowest BCUT2D eigenvalue weighted by Gasteiger charge is -2.11. The Hall–Kier alpha value is -1.94. The van der Waals surface area contributed by atoms with Gasteiger partial charge in [0.2, 0.25) is 0 Å². The monoisotopic (exact) mass is 258 g/mol. The van der Waals surface area contributed by atoms with E-state index in [1.165, 1.54) is 7.11 Å². The van der Waals surface area contributed by atoms with Crippen LogP contribution >= 0.6 is 0 Å². The van der Waals surface area contributed by atoms with Gasteiger partial charge in [0.1, 0.15) is 6.04 Å². The molecule has 0 aliphatic heterocycles. The van der Waals surface area contributed by atoms with Crippen molar-refractivity contribution >= 4 is 16.9 Å². The Kier molecular flexibility index (Phi) is 4.12. The molecule has 1 heterocycles. The lowest BCUT2D eigenvalue weighted by molar-refractivity contribution is -0.142. The van der Waals surface area contributed by atoms with Crippen molar-refractivity contribution in [3.05, 3.63) is 41.6 Å². The summed E-state index contributed by atoms with van der Waals surface area (Å²) in [5, 5.41) is 4.24. The van der Waals surface area contributed by atoms with Crippen molar-refractivity contribution < 1.29 is 9.53 Å². The average Bonchev–Trinajstić information content (AvgIpc) is 2.43. The summed E-state index contributed by atoms with van der Waals surface area (Å²) in [6.07, 6.45) is 0. The summed E-state index contributed by atoms with van der Waals surface area (Å²) in [7, 11) is 1.39. The number of aryl methyl sites for hydroxylation is 1. The topological polar surface area (TPSA) is 51.2 Å². The zero-order valence-electron chi connectivity index (χ0n) is 11.4. The van der Waals surface area contributed by atoms with Gasteiger partial charge in [-0.05, 0) is 37.6 Å². The summed E-state index contributed by atoms with van der Waals surface area (Å²) in [4.78, 5) is 15.7. The smallest absolute Gasteiger partial charge is 0.322 e. The molecule has 0 radical (unpaired) electrons. The summed E-state index contributed by atoms with van der Waals surface area (Å²) in [6, 6.07) is 9.85. The number of carbonyl (C=O) groups is 1. The minimum atomic E-state index is -0.308. The first-order valence-corrected chi connectivity index (χ1v) is 6.27. The highest BCUT2D eigenvalue weighted by atomic mass is 16.5. The first-order chi connectivity index (χ1) is 9.10. The number of esters is 1. The predicted molar refractivity (Wildman–Crippen MR) is 74.8 cm³/mol. The molecule has 0 saturated carbocycles. The summed E-state index contributed by atoms with van der Waals surface area (Å²) >= 11 is 0. The van der Waals surface area contributed by atoms with E-state index >= 15 is 0 Å². The molecule has 19 heavy (non-hydrogen) atoms. The third-order valence-corrected chi connectivity index (χ3v) is 3.06. The number of methoxy groups -OCH3 is 1. The van der Waals surface area contributed by atoms with E-state index in [0.717, 1.165) is 22.2 Å². The number of nitrogens with zero attached hydrogens (tertiary/aromatic N) is 1. The van der Waals surface area contributed by atoms with Gasteiger partial charge < -0.3 is 10.1 Å². The van der Waals surface area contributed by atoms with Crippen molar-refractivity contribution in [2.45, 2.75) is 26.4 Å². The molecule has 1 N–H and O–H groups in total. The van der Waals surface area contributed by atoms with Gasteiger partial charge in [-0.3, -0.25) is 9.78 Å². The van der Waals surface area contributed by atoms with Gasteiger partial charge >= 0.3 is 5.97 Å². The summed E-state index contributed by atoms with van der Waals surface area (Å²) in [6.45, 7) is 4.39. The van der Waals surface area contributed by atoms with Crippen LogP contribution in [0.1, 0.15) is 18.2 Å².